The highest BCUT2D eigenvalue weighted by Crippen LogP contribution is 2.37. The molecule has 17 heavy (non-hydrogen) atoms. The molecule has 0 atom stereocenters. The van der Waals surface area contributed by atoms with E-state index in [0.717, 1.165) is 0 Å². The van der Waals surface area contributed by atoms with Crippen LogP contribution in [0.2, 0.25) is 0 Å². The van der Waals surface area contributed by atoms with E-state index < -0.39 is 5.95 Å². The van der Waals surface area contributed by atoms with Gasteiger partial charge < -0.3 is 5.11 Å². The van der Waals surface area contributed by atoms with Crippen LogP contribution >= 0.6 is 15.9 Å². The van der Waals surface area contributed by atoms with Gasteiger partial charge in [0.2, 0.25) is 5.95 Å². The molecule has 0 aliphatic rings. The minimum atomic E-state index is -0.690. The summed E-state index contributed by atoms with van der Waals surface area (Å²) in [5.41, 5.74) is 0.720. The number of pyridine rings is 1. The third-order valence-electron chi connectivity index (χ3n) is 2.24. The third-order valence-corrected chi connectivity index (χ3v) is 2.85. The van der Waals surface area contributed by atoms with E-state index in [-0.39, 0.29) is 16.9 Å². The van der Waals surface area contributed by atoms with E-state index in [1.165, 1.54) is 24.4 Å². The molecule has 0 aliphatic carbocycles. The number of hydrogen-bond donors (Lipinski definition) is 1. The number of hydrogen-bond acceptors (Lipinski definition) is 3. The van der Waals surface area contributed by atoms with Crippen LogP contribution in [0.5, 0.6) is 5.75 Å². The topological polar surface area (TPSA) is 56.9 Å². The molecule has 1 aromatic heterocycles. The molecule has 1 heterocycles. The van der Waals surface area contributed by atoms with Crippen LogP contribution in [0.15, 0.2) is 34.9 Å². The van der Waals surface area contributed by atoms with E-state index in [4.69, 9.17) is 5.26 Å². The lowest BCUT2D eigenvalue weighted by Gasteiger charge is -2.07. The van der Waals surface area contributed by atoms with Crippen molar-refractivity contribution in [1.82, 2.24) is 4.98 Å². The number of nitriles is 1. The summed E-state index contributed by atoms with van der Waals surface area (Å²) in [5, 5.41) is 18.7. The summed E-state index contributed by atoms with van der Waals surface area (Å²) in [5.74, 6) is -0.805. The predicted molar refractivity (Wildman–Crippen MR) is 63.7 cm³/mol. The number of rotatable bonds is 1. The van der Waals surface area contributed by atoms with Crippen LogP contribution in [-0.4, -0.2) is 10.1 Å². The molecule has 0 aliphatic heterocycles. The van der Waals surface area contributed by atoms with Crippen LogP contribution in [0, 0.1) is 17.3 Å². The molecule has 1 aromatic carbocycles. The molecule has 0 unspecified atom stereocenters. The summed E-state index contributed by atoms with van der Waals surface area (Å²) >= 11 is 3.12. The van der Waals surface area contributed by atoms with Crippen LogP contribution in [0.25, 0.3) is 11.1 Å². The Labute approximate surface area is 105 Å². The van der Waals surface area contributed by atoms with E-state index in [2.05, 4.69) is 20.9 Å². The zero-order valence-corrected chi connectivity index (χ0v) is 10.1. The van der Waals surface area contributed by atoms with Crippen molar-refractivity contribution in [2.45, 2.75) is 0 Å². The molecule has 2 rings (SSSR count). The minimum absolute atomic E-state index is 0.115. The monoisotopic (exact) mass is 292 g/mol. The van der Waals surface area contributed by atoms with Gasteiger partial charge in [-0.05, 0) is 40.2 Å². The number of phenolic OH excluding ortho intramolecular Hbond substituents is 1. The number of phenols is 1. The number of aromatic hydroxyl groups is 1. The molecule has 0 amide bonds. The second-order valence-corrected chi connectivity index (χ2v) is 4.16. The molecule has 0 spiro atoms. The van der Waals surface area contributed by atoms with E-state index in [1.807, 2.05) is 6.07 Å². The molecule has 0 saturated carbocycles. The van der Waals surface area contributed by atoms with Gasteiger partial charge in [-0.3, -0.25) is 0 Å². The fraction of sp³-hybridized carbons (Fsp3) is 0. The Morgan fingerprint density at radius 1 is 1.35 bits per heavy atom. The van der Waals surface area contributed by atoms with Crippen molar-refractivity contribution in [3.8, 4) is 22.9 Å². The van der Waals surface area contributed by atoms with Crippen molar-refractivity contribution >= 4 is 15.9 Å². The number of halogens is 2. The maximum absolute atomic E-state index is 13.5. The van der Waals surface area contributed by atoms with Gasteiger partial charge in [0.25, 0.3) is 0 Å². The van der Waals surface area contributed by atoms with Gasteiger partial charge in [-0.25, -0.2) is 4.98 Å². The summed E-state index contributed by atoms with van der Waals surface area (Å²) in [6.45, 7) is 0. The predicted octanol–water partition coefficient (Wildman–Crippen LogP) is 3.23. The molecule has 0 radical (unpaired) electrons. The summed E-state index contributed by atoms with van der Waals surface area (Å²) in [7, 11) is 0. The molecule has 0 saturated heterocycles. The van der Waals surface area contributed by atoms with Gasteiger partial charge >= 0.3 is 0 Å². The van der Waals surface area contributed by atoms with Gasteiger partial charge in [-0.15, -0.1) is 0 Å². The highest BCUT2D eigenvalue weighted by molar-refractivity contribution is 9.10. The van der Waals surface area contributed by atoms with Gasteiger partial charge in [-0.1, -0.05) is 0 Å². The lowest BCUT2D eigenvalue weighted by atomic mass is 10.0. The molecule has 5 heteroatoms. The van der Waals surface area contributed by atoms with Gasteiger partial charge in [-0.2, -0.15) is 9.65 Å². The first-order valence-electron chi connectivity index (χ1n) is 4.67. The maximum Gasteiger partial charge on any atom is 0.220 e. The summed E-state index contributed by atoms with van der Waals surface area (Å²) in [6.07, 6.45) is 1.32. The average Bonchev–Trinajstić information content (AvgIpc) is 2.33. The highest BCUT2D eigenvalue weighted by atomic mass is 79.9. The molecule has 3 nitrogen and oxygen atoms in total. The first kappa shape index (κ1) is 11.6. The van der Waals surface area contributed by atoms with E-state index in [1.54, 1.807) is 6.07 Å². The number of nitrogens with zero attached hydrogens (tertiary/aromatic N) is 2. The van der Waals surface area contributed by atoms with E-state index in [0.29, 0.717) is 10.0 Å². The van der Waals surface area contributed by atoms with Crippen LogP contribution in [0.4, 0.5) is 4.39 Å². The molecule has 1 N–H and O–H groups in total. The molecule has 0 bridgehead atoms. The smallest absolute Gasteiger partial charge is 0.220 e. The van der Waals surface area contributed by atoms with Crippen molar-refractivity contribution in [3.05, 3.63) is 46.4 Å². The van der Waals surface area contributed by atoms with Crippen molar-refractivity contribution in [3.63, 3.8) is 0 Å². The first-order chi connectivity index (χ1) is 8.13. The van der Waals surface area contributed by atoms with Crippen LogP contribution < -0.4 is 0 Å². The molecule has 0 fully saturated rings. The van der Waals surface area contributed by atoms with Gasteiger partial charge in [0.1, 0.15) is 5.75 Å². The van der Waals surface area contributed by atoms with Crippen molar-refractivity contribution in [2.75, 3.05) is 0 Å². The second kappa shape index (κ2) is 4.52. The Kier molecular flexibility index (Phi) is 3.07. The number of benzene rings is 1. The summed E-state index contributed by atoms with van der Waals surface area (Å²) < 4.78 is 13.8. The Bertz CT molecular complexity index is 622. The number of aromatic nitrogens is 1. The van der Waals surface area contributed by atoms with Gasteiger partial charge in [0, 0.05) is 17.3 Å². The van der Waals surface area contributed by atoms with Crippen LogP contribution in [0.3, 0.4) is 0 Å². The van der Waals surface area contributed by atoms with E-state index in [9.17, 15) is 9.50 Å². The first-order valence-corrected chi connectivity index (χ1v) is 5.46. The lowest BCUT2D eigenvalue weighted by molar-refractivity contribution is 0.473. The molecular weight excluding hydrogens is 287 g/mol. The van der Waals surface area contributed by atoms with Crippen molar-refractivity contribution < 1.29 is 9.50 Å². The van der Waals surface area contributed by atoms with Gasteiger partial charge in [0.15, 0.2) is 0 Å². The normalized spacial score (nSPS) is 9.94. The van der Waals surface area contributed by atoms with Crippen LogP contribution in [0.1, 0.15) is 5.56 Å². The van der Waals surface area contributed by atoms with Crippen molar-refractivity contribution in [2.24, 2.45) is 0 Å². The third kappa shape index (κ3) is 2.12. The van der Waals surface area contributed by atoms with Gasteiger partial charge in [0.05, 0.1) is 16.1 Å². The zero-order chi connectivity index (χ0) is 12.4. The summed E-state index contributed by atoms with van der Waals surface area (Å²) in [4.78, 5) is 3.51. The Morgan fingerprint density at radius 3 is 2.76 bits per heavy atom. The zero-order valence-electron chi connectivity index (χ0n) is 8.48. The lowest BCUT2D eigenvalue weighted by Crippen LogP contribution is -1.90. The minimum Gasteiger partial charge on any atom is -0.506 e. The second-order valence-electron chi connectivity index (χ2n) is 3.31. The van der Waals surface area contributed by atoms with Crippen molar-refractivity contribution in [1.29, 1.82) is 5.26 Å². The van der Waals surface area contributed by atoms with Crippen LogP contribution in [-0.2, 0) is 0 Å². The average molecular weight is 293 g/mol. The SMILES string of the molecule is N#Cc1cc(Br)c(O)c(-c2cccnc2F)c1. The Morgan fingerprint density at radius 2 is 2.12 bits per heavy atom. The maximum atomic E-state index is 13.5. The quantitative estimate of drug-likeness (QED) is 0.821. The molecule has 2 aromatic rings. The standard InChI is InChI=1S/C12H6BrFN2O/c13-10-5-7(6-15)4-9(11(10)17)8-2-1-3-16-12(8)14/h1-5,17H. The summed E-state index contributed by atoms with van der Waals surface area (Å²) in [6, 6.07) is 7.87. The fourth-order valence-electron chi connectivity index (χ4n) is 1.46. The molecule has 84 valence electrons. The highest BCUT2D eigenvalue weighted by Gasteiger charge is 2.13. The fourth-order valence-corrected chi connectivity index (χ4v) is 1.92. The Balaban J connectivity index is 2.72. The Hall–Kier alpha value is -1.93. The molecular formula is C12H6BrFN2O. The largest absolute Gasteiger partial charge is 0.506 e. The van der Waals surface area contributed by atoms with E-state index >= 15 is 0 Å².